The second-order valence-electron chi connectivity index (χ2n) is 8.87. The third-order valence-corrected chi connectivity index (χ3v) is 6.66. The molecule has 1 aliphatic heterocycles. The molecule has 4 fully saturated rings. The fraction of sp³-hybridized carbons (Fsp3) is 0.900. The van der Waals surface area contributed by atoms with Crippen molar-refractivity contribution in [2.24, 2.45) is 17.8 Å². The van der Waals surface area contributed by atoms with Crippen LogP contribution in [0.3, 0.4) is 0 Å². The molecule has 0 aromatic heterocycles. The summed E-state index contributed by atoms with van der Waals surface area (Å²) in [5.74, 6) is -1.26. The van der Waals surface area contributed by atoms with Crippen molar-refractivity contribution in [3.8, 4) is 0 Å². The number of carbonyl (C=O) groups excluding carboxylic acids is 2. The Balaban J connectivity index is 1.56. The summed E-state index contributed by atoms with van der Waals surface area (Å²) in [7, 11) is 0. The van der Waals surface area contributed by atoms with Gasteiger partial charge in [-0.3, -0.25) is 9.59 Å². The fourth-order valence-corrected chi connectivity index (χ4v) is 5.77. The van der Waals surface area contributed by atoms with Gasteiger partial charge in [0.15, 0.2) is 0 Å². The number of carbonyl (C=O) groups is 2. The zero-order valence-corrected chi connectivity index (χ0v) is 16.4. The molecule has 0 amide bonds. The van der Waals surface area contributed by atoms with Gasteiger partial charge in [0, 0.05) is 44.9 Å². The number of hydrogen-bond donors (Lipinski definition) is 0. The third-order valence-electron chi connectivity index (χ3n) is 6.66. The summed E-state index contributed by atoms with van der Waals surface area (Å²) in [6.45, 7) is 4.92. The van der Waals surface area contributed by atoms with E-state index in [1.54, 1.807) is 0 Å². The van der Waals surface area contributed by atoms with Crippen LogP contribution in [-0.2, 0) is 33.6 Å². The van der Waals surface area contributed by atoms with Gasteiger partial charge in [-0.15, -0.1) is 0 Å². The second kappa shape index (κ2) is 7.01. The third kappa shape index (κ3) is 3.61. The molecule has 0 radical (unpaired) electrons. The lowest BCUT2D eigenvalue weighted by molar-refractivity contribution is -0.382. The minimum atomic E-state index is -1.04. The maximum absolute atomic E-state index is 11.5. The van der Waals surface area contributed by atoms with Gasteiger partial charge in [-0.25, -0.2) is 0 Å². The molecule has 3 aliphatic carbocycles. The minimum absolute atomic E-state index is 0.224. The summed E-state index contributed by atoms with van der Waals surface area (Å²) in [4.78, 5) is 34.8. The molecule has 1 heterocycles. The molecule has 3 saturated carbocycles. The van der Waals surface area contributed by atoms with E-state index in [2.05, 4.69) is 6.92 Å². The molecule has 27 heavy (non-hydrogen) atoms. The monoisotopic (exact) mass is 382 g/mol. The average molecular weight is 382 g/mol. The summed E-state index contributed by atoms with van der Waals surface area (Å²) in [6.07, 6.45) is 6.06. The minimum Gasteiger partial charge on any atom is -0.462 e. The van der Waals surface area contributed by atoms with Crippen molar-refractivity contribution in [1.29, 1.82) is 0 Å². The number of rotatable bonds is 2. The van der Waals surface area contributed by atoms with E-state index in [9.17, 15) is 9.59 Å². The van der Waals surface area contributed by atoms with Crippen LogP contribution in [0.1, 0.15) is 72.1 Å². The van der Waals surface area contributed by atoms with Gasteiger partial charge in [0.1, 0.15) is 12.2 Å². The average Bonchev–Trinajstić information content (AvgIpc) is 2.92. The van der Waals surface area contributed by atoms with Crippen LogP contribution in [0.2, 0.25) is 0 Å². The summed E-state index contributed by atoms with van der Waals surface area (Å²) in [6, 6.07) is 0. The van der Waals surface area contributed by atoms with Gasteiger partial charge in [0.05, 0.1) is 0 Å². The summed E-state index contributed by atoms with van der Waals surface area (Å²) in [5, 5.41) is 0. The highest BCUT2D eigenvalue weighted by atomic mass is 17.3. The van der Waals surface area contributed by atoms with Crippen molar-refractivity contribution < 1.29 is 33.6 Å². The predicted molar refractivity (Wildman–Crippen MR) is 92.9 cm³/mol. The Hall–Kier alpha value is -1.18. The van der Waals surface area contributed by atoms with Crippen molar-refractivity contribution in [2.45, 2.75) is 95.9 Å². The number of hydrogen-bond acceptors (Lipinski definition) is 7. The molecular formula is C20H30O7. The first-order chi connectivity index (χ1) is 12.8. The van der Waals surface area contributed by atoms with E-state index in [4.69, 9.17) is 24.0 Å². The first-order valence-corrected chi connectivity index (χ1v) is 10.2. The predicted octanol–water partition coefficient (Wildman–Crippen LogP) is 3.25. The van der Waals surface area contributed by atoms with E-state index >= 15 is 0 Å². The standard InChI is InChI=1S/C20H30O7/c1-12-7-15-5-4-6-16(8-15)20(12)25-19(26-27-20)10-17(23-13(2)21)9-18(11-19)24-14(3)22/h12,15-18H,4-11H2,1-3H3. The smallest absolute Gasteiger partial charge is 0.302 e. The Labute approximate surface area is 159 Å². The Morgan fingerprint density at radius 2 is 1.59 bits per heavy atom. The molecule has 7 heteroatoms. The molecule has 0 aromatic carbocycles. The van der Waals surface area contributed by atoms with Crippen molar-refractivity contribution in [2.75, 3.05) is 0 Å². The molecule has 4 aliphatic rings. The number of esters is 2. The van der Waals surface area contributed by atoms with Crippen molar-refractivity contribution >= 4 is 11.9 Å². The van der Waals surface area contributed by atoms with Crippen molar-refractivity contribution in [3.05, 3.63) is 0 Å². The van der Waals surface area contributed by atoms with E-state index in [-0.39, 0.29) is 17.9 Å². The molecular weight excluding hydrogens is 352 g/mol. The molecule has 2 bridgehead atoms. The molecule has 2 spiro atoms. The molecule has 1 saturated heterocycles. The zero-order chi connectivity index (χ0) is 19.2. The highest BCUT2D eigenvalue weighted by Crippen LogP contribution is 2.57. The van der Waals surface area contributed by atoms with Gasteiger partial charge in [-0.2, -0.15) is 9.78 Å². The van der Waals surface area contributed by atoms with Crippen molar-refractivity contribution in [1.82, 2.24) is 0 Å². The van der Waals surface area contributed by atoms with Crippen LogP contribution in [0.15, 0.2) is 0 Å². The molecule has 6 atom stereocenters. The number of fused-ring (bicyclic) bond motifs is 3. The maximum Gasteiger partial charge on any atom is 0.302 e. The van der Waals surface area contributed by atoms with E-state index in [1.165, 1.54) is 26.7 Å². The van der Waals surface area contributed by atoms with Crippen LogP contribution in [0, 0.1) is 17.8 Å². The Kier molecular flexibility index (Phi) is 4.97. The lowest BCUT2D eigenvalue weighted by Crippen LogP contribution is -2.54. The van der Waals surface area contributed by atoms with Gasteiger partial charge in [-0.05, 0) is 25.2 Å². The molecule has 6 unspecified atom stereocenters. The molecule has 0 aromatic rings. The van der Waals surface area contributed by atoms with Crippen LogP contribution in [0.25, 0.3) is 0 Å². The quantitative estimate of drug-likeness (QED) is 0.536. The lowest BCUT2D eigenvalue weighted by Gasteiger charge is -2.49. The summed E-state index contributed by atoms with van der Waals surface area (Å²) >= 11 is 0. The van der Waals surface area contributed by atoms with Gasteiger partial charge < -0.3 is 14.2 Å². The van der Waals surface area contributed by atoms with Crippen LogP contribution in [0.4, 0.5) is 0 Å². The topological polar surface area (TPSA) is 80.3 Å². The maximum atomic E-state index is 11.5. The van der Waals surface area contributed by atoms with E-state index in [0.29, 0.717) is 25.2 Å². The van der Waals surface area contributed by atoms with Gasteiger partial charge in [-0.1, -0.05) is 19.8 Å². The lowest BCUT2D eigenvalue weighted by atomic mass is 9.64. The van der Waals surface area contributed by atoms with Crippen LogP contribution >= 0.6 is 0 Å². The fourth-order valence-electron chi connectivity index (χ4n) is 5.77. The SMILES string of the molecule is CC(=O)OC1CC(OC(C)=O)CC2(C1)OOC1(O2)C(C)CC2CCCC1C2. The Morgan fingerprint density at radius 3 is 2.22 bits per heavy atom. The van der Waals surface area contributed by atoms with Gasteiger partial charge >= 0.3 is 11.9 Å². The van der Waals surface area contributed by atoms with Gasteiger partial charge in [0.25, 0.3) is 0 Å². The number of ether oxygens (including phenoxy) is 3. The zero-order valence-electron chi connectivity index (χ0n) is 16.4. The first kappa shape index (κ1) is 19.2. The van der Waals surface area contributed by atoms with Crippen LogP contribution in [-0.4, -0.2) is 35.7 Å². The summed E-state index contributed by atoms with van der Waals surface area (Å²) < 4.78 is 17.5. The highest BCUT2D eigenvalue weighted by molar-refractivity contribution is 5.66. The van der Waals surface area contributed by atoms with Gasteiger partial charge in [0.2, 0.25) is 11.6 Å². The highest BCUT2D eigenvalue weighted by Gasteiger charge is 2.64. The normalized spacial score (nSPS) is 46.4. The van der Waals surface area contributed by atoms with E-state index in [0.717, 1.165) is 25.2 Å². The second-order valence-corrected chi connectivity index (χ2v) is 8.87. The Morgan fingerprint density at radius 1 is 0.926 bits per heavy atom. The van der Waals surface area contributed by atoms with E-state index < -0.39 is 23.8 Å². The van der Waals surface area contributed by atoms with Crippen LogP contribution in [0.5, 0.6) is 0 Å². The molecule has 7 nitrogen and oxygen atoms in total. The molecule has 152 valence electrons. The van der Waals surface area contributed by atoms with Crippen LogP contribution < -0.4 is 0 Å². The summed E-state index contributed by atoms with van der Waals surface area (Å²) in [5.41, 5.74) is 0. The molecule has 4 rings (SSSR count). The van der Waals surface area contributed by atoms with Crippen molar-refractivity contribution in [3.63, 3.8) is 0 Å². The molecule has 0 N–H and O–H groups in total. The van der Waals surface area contributed by atoms with E-state index in [1.807, 2.05) is 0 Å². The Bertz CT molecular complexity index is 579. The largest absolute Gasteiger partial charge is 0.462 e. The first-order valence-electron chi connectivity index (χ1n) is 10.2.